The second kappa shape index (κ2) is 6.58. The molecule has 0 aliphatic carbocycles. The molecular weight excluding hydrogens is 347 g/mol. The fourth-order valence-electron chi connectivity index (χ4n) is 2.30. The van der Waals surface area contributed by atoms with Gasteiger partial charge in [-0.2, -0.15) is 8.78 Å². The molecule has 3 aromatic rings. The number of benzene rings is 2. The summed E-state index contributed by atoms with van der Waals surface area (Å²) in [7, 11) is 0. The van der Waals surface area contributed by atoms with Crippen LogP contribution < -0.4 is 9.47 Å². The monoisotopic (exact) mass is 358 g/mol. The van der Waals surface area contributed by atoms with Crippen molar-refractivity contribution in [1.82, 2.24) is 9.97 Å². The molecule has 0 bridgehead atoms. The lowest BCUT2D eigenvalue weighted by Gasteiger charge is -2.08. The third-order valence-electron chi connectivity index (χ3n) is 3.26. The molecule has 1 N–H and O–H groups in total. The van der Waals surface area contributed by atoms with Crippen molar-refractivity contribution in [3.63, 3.8) is 0 Å². The Hall–Kier alpha value is -2.84. The number of H-pyrrole nitrogens is 1. The molecular formula is C16H11F5N2O2. The Bertz CT molecular complexity index is 859. The average molecular weight is 358 g/mol. The maximum Gasteiger partial charge on any atom is 0.573 e. The summed E-state index contributed by atoms with van der Waals surface area (Å²) in [6, 6.07) is 9.70. The van der Waals surface area contributed by atoms with E-state index in [9.17, 15) is 22.0 Å². The molecule has 0 fully saturated rings. The van der Waals surface area contributed by atoms with Gasteiger partial charge in [-0.05, 0) is 29.8 Å². The highest BCUT2D eigenvalue weighted by Crippen LogP contribution is 2.24. The molecule has 25 heavy (non-hydrogen) atoms. The summed E-state index contributed by atoms with van der Waals surface area (Å²) >= 11 is 0. The van der Waals surface area contributed by atoms with Crippen LogP contribution in [0.3, 0.4) is 0 Å². The number of hydrogen-bond donors (Lipinski definition) is 1. The van der Waals surface area contributed by atoms with Crippen molar-refractivity contribution in [2.24, 2.45) is 0 Å². The molecule has 0 saturated heterocycles. The molecule has 0 radical (unpaired) electrons. The number of nitrogens with zero attached hydrogens (tertiary/aromatic N) is 1. The van der Waals surface area contributed by atoms with Gasteiger partial charge < -0.3 is 14.5 Å². The van der Waals surface area contributed by atoms with Crippen LogP contribution in [0.5, 0.6) is 11.5 Å². The third kappa shape index (κ3) is 4.59. The zero-order valence-electron chi connectivity index (χ0n) is 12.5. The standard InChI is InChI=1S/C16H11F5N2O2/c17-15(18)24-11-5-6-12-13(8-11)23-14(22-12)7-9-1-3-10(4-2-9)25-16(19,20)21/h1-6,8,15H,7H2,(H,22,23). The summed E-state index contributed by atoms with van der Waals surface area (Å²) in [5.41, 5.74) is 1.79. The molecule has 132 valence electrons. The molecule has 2 aromatic carbocycles. The number of alkyl halides is 5. The summed E-state index contributed by atoms with van der Waals surface area (Å²) < 4.78 is 68.9. The van der Waals surface area contributed by atoms with Gasteiger partial charge in [0.05, 0.1) is 11.0 Å². The summed E-state index contributed by atoms with van der Waals surface area (Å²) in [5, 5.41) is 0. The van der Waals surface area contributed by atoms with Crippen molar-refractivity contribution >= 4 is 11.0 Å². The largest absolute Gasteiger partial charge is 0.573 e. The minimum atomic E-state index is -4.74. The van der Waals surface area contributed by atoms with Crippen LogP contribution >= 0.6 is 0 Å². The lowest BCUT2D eigenvalue weighted by Crippen LogP contribution is -2.17. The number of nitrogens with one attached hydrogen (secondary N) is 1. The number of fused-ring (bicyclic) bond motifs is 1. The Kier molecular flexibility index (Phi) is 4.47. The Morgan fingerprint density at radius 3 is 2.32 bits per heavy atom. The summed E-state index contributed by atoms with van der Waals surface area (Å²) in [6.45, 7) is -2.92. The van der Waals surface area contributed by atoms with E-state index in [1.54, 1.807) is 0 Å². The molecule has 0 unspecified atom stereocenters. The fraction of sp³-hybridized carbons (Fsp3) is 0.188. The van der Waals surface area contributed by atoms with E-state index in [-0.39, 0.29) is 11.5 Å². The Morgan fingerprint density at radius 1 is 1.00 bits per heavy atom. The lowest BCUT2D eigenvalue weighted by molar-refractivity contribution is -0.274. The minimum Gasteiger partial charge on any atom is -0.435 e. The van der Waals surface area contributed by atoms with Gasteiger partial charge in [0.1, 0.15) is 17.3 Å². The van der Waals surface area contributed by atoms with Crippen LogP contribution in [0.1, 0.15) is 11.4 Å². The van der Waals surface area contributed by atoms with Gasteiger partial charge in [-0.1, -0.05) is 12.1 Å². The van der Waals surface area contributed by atoms with Gasteiger partial charge in [-0.3, -0.25) is 0 Å². The number of imidazole rings is 1. The molecule has 0 amide bonds. The lowest BCUT2D eigenvalue weighted by atomic mass is 10.1. The molecule has 0 aliphatic heterocycles. The third-order valence-corrected chi connectivity index (χ3v) is 3.26. The van der Waals surface area contributed by atoms with Crippen molar-refractivity contribution in [1.29, 1.82) is 0 Å². The summed E-state index contributed by atoms with van der Waals surface area (Å²) in [6.07, 6.45) is -4.41. The van der Waals surface area contributed by atoms with Crippen LogP contribution in [0.15, 0.2) is 42.5 Å². The van der Waals surface area contributed by atoms with E-state index >= 15 is 0 Å². The smallest absolute Gasteiger partial charge is 0.435 e. The first kappa shape index (κ1) is 17.0. The van der Waals surface area contributed by atoms with E-state index in [0.717, 1.165) is 0 Å². The second-order valence-electron chi connectivity index (χ2n) is 5.11. The van der Waals surface area contributed by atoms with Crippen LogP contribution in [-0.4, -0.2) is 22.9 Å². The molecule has 1 aromatic heterocycles. The Morgan fingerprint density at radius 2 is 1.68 bits per heavy atom. The Labute approximate surface area is 138 Å². The van der Waals surface area contributed by atoms with Gasteiger partial charge >= 0.3 is 13.0 Å². The van der Waals surface area contributed by atoms with E-state index in [4.69, 9.17) is 0 Å². The number of halogens is 5. The van der Waals surface area contributed by atoms with Crippen molar-refractivity contribution in [2.75, 3.05) is 0 Å². The van der Waals surface area contributed by atoms with Crippen LogP contribution in [0.4, 0.5) is 22.0 Å². The van der Waals surface area contributed by atoms with Crippen LogP contribution in [0.25, 0.3) is 11.0 Å². The Balaban J connectivity index is 1.74. The van der Waals surface area contributed by atoms with Gasteiger partial charge in [-0.15, -0.1) is 13.2 Å². The highest BCUT2D eigenvalue weighted by molar-refractivity contribution is 5.76. The zero-order valence-corrected chi connectivity index (χ0v) is 12.5. The quantitative estimate of drug-likeness (QED) is 0.675. The molecule has 1 heterocycles. The highest BCUT2D eigenvalue weighted by Gasteiger charge is 2.30. The maximum absolute atomic E-state index is 12.2. The van der Waals surface area contributed by atoms with Crippen LogP contribution in [-0.2, 0) is 6.42 Å². The minimum absolute atomic E-state index is 0.00588. The van der Waals surface area contributed by atoms with E-state index in [1.165, 1.54) is 42.5 Å². The zero-order chi connectivity index (χ0) is 18.0. The van der Waals surface area contributed by atoms with Gasteiger partial charge in [0.15, 0.2) is 0 Å². The van der Waals surface area contributed by atoms with Crippen molar-refractivity contribution in [2.45, 2.75) is 19.4 Å². The normalized spacial score (nSPS) is 11.9. The van der Waals surface area contributed by atoms with Crippen molar-refractivity contribution < 1.29 is 31.4 Å². The molecule has 0 atom stereocenters. The number of aromatic amines is 1. The summed E-state index contributed by atoms with van der Waals surface area (Å²) in [5.74, 6) is 0.231. The highest BCUT2D eigenvalue weighted by atomic mass is 19.4. The predicted molar refractivity (Wildman–Crippen MR) is 78.7 cm³/mol. The first-order chi connectivity index (χ1) is 11.8. The molecule has 9 heteroatoms. The van der Waals surface area contributed by atoms with Crippen molar-refractivity contribution in [3.8, 4) is 11.5 Å². The molecule has 0 aliphatic rings. The van der Waals surface area contributed by atoms with Crippen LogP contribution in [0.2, 0.25) is 0 Å². The van der Waals surface area contributed by atoms with E-state index in [2.05, 4.69) is 19.4 Å². The summed E-state index contributed by atoms with van der Waals surface area (Å²) in [4.78, 5) is 7.26. The molecule has 0 spiro atoms. The van der Waals surface area contributed by atoms with Crippen molar-refractivity contribution in [3.05, 3.63) is 53.9 Å². The van der Waals surface area contributed by atoms with Gasteiger partial charge in [0.2, 0.25) is 0 Å². The van der Waals surface area contributed by atoms with E-state index < -0.39 is 13.0 Å². The number of rotatable bonds is 5. The van der Waals surface area contributed by atoms with Gasteiger partial charge in [-0.25, -0.2) is 4.98 Å². The van der Waals surface area contributed by atoms with E-state index in [1.807, 2.05) is 0 Å². The van der Waals surface area contributed by atoms with Gasteiger partial charge in [0.25, 0.3) is 0 Å². The van der Waals surface area contributed by atoms with Crippen LogP contribution in [0, 0.1) is 0 Å². The SMILES string of the molecule is FC(F)Oc1ccc2nc(Cc3ccc(OC(F)(F)F)cc3)[nH]c2c1. The number of ether oxygens (including phenoxy) is 2. The van der Waals surface area contributed by atoms with Gasteiger partial charge in [0, 0.05) is 12.5 Å². The first-order valence-corrected chi connectivity index (χ1v) is 7.07. The molecule has 3 rings (SSSR count). The number of aromatic nitrogens is 2. The average Bonchev–Trinajstić information content (AvgIpc) is 2.88. The first-order valence-electron chi connectivity index (χ1n) is 7.07. The number of hydrogen-bond acceptors (Lipinski definition) is 3. The topological polar surface area (TPSA) is 47.1 Å². The second-order valence-corrected chi connectivity index (χ2v) is 5.11. The van der Waals surface area contributed by atoms with E-state index in [0.29, 0.717) is 28.8 Å². The molecule has 0 saturated carbocycles. The fourth-order valence-corrected chi connectivity index (χ4v) is 2.30. The molecule has 4 nitrogen and oxygen atoms in total. The maximum atomic E-state index is 12.2. The predicted octanol–water partition coefficient (Wildman–Crippen LogP) is 4.65.